The van der Waals surface area contributed by atoms with Crippen LogP contribution in [-0.2, 0) is 11.8 Å². The third-order valence-electron chi connectivity index (χ3n) is 4.86. The number of nitrogens with zero attached hydrogens (tertiary/aromatic N) is 3. The Kier molecular flexibility index (Phi) is 5.18. The maximum Gasteiger partial charge on any atom is 0.333 e. The zero-order valence-electron chi connectivity index (χ0n) is 16.7. The van der Waals surface area contributed by atoms with Gasteiger partial charge in [-0.05, 0) is 56.5 Å². The highest BCUT2D eigenvalue weighted by Gasteiger charge is 2.25. The summed E-state index contributed by atoms with van der Waals surface area (Å²) in [5.41, 5.74) is 2.37. The first-order valence-electron chi connectivity index (χ1n) is 9.21. The number of carbonyl (C=O) groups excluding carboxylic acids is 1. The number of anilines is 1. The first-order valence-corrected chi connectivity index (χ1v) is 9.21. The molecule has 0 fully saturated rings. The van der Waals surface area contributed by atoms with E-state index in [-0.39, 0.29) is 0 Å². The molecule has 3 rings (SSSR count). The number of carbonyl (C=O) groups is 1. The summed E-state index contributed by atoms with van der Waals surface area (Å²) in [6, 6.07) is 8.25. The van der Waals surface area contributed by atoms with Crippen LogP contribution in [0, 0.1) is 20.8 Å². The molecule has 0 bridgehead atoms. The molecule has 0 unspecified atom stereocenters. The Bertz CT molecular complexity index is 1190. The number of nitrogens with one attached hydrogen (secondary N) is 1. The van der Waals surface area contributed by atoms with E-state index in [4.69, 9.17) is 0 Å². The van der Waals surface area contributed by atoms with Crippen molar-refractivity contribution < 1.29 is 4.79 Å². The largest absolute Gasteiger partial charge is 0.333 e. The van der Waals surface area contributed by atoms with E-state index in [0.29, 0.717) is 23.1 Å². The number of aryl methyl sites for hydroxylation is 4. The Hall–Kier alpha value is -3.22. The molecule has 0 saturated heterocycles. The van der Waals surface area contributed by atoms with Crippen molar-refractivity contribution in [2.24, 2.45) is 7.05 Å². The van der Waals surface area contributed by atoms with Crippen LogP contribution in [0.15, 0.2) is 39.9 Å². The quantitative estimate of drug-likeness (QED) is 0.754. The summed E-state index contributed by atoms with van der Waals surface area (Å²) in [5, 5.41) is 3.17. The fourth-order valence-electron chi connectivity index (χ4n) is 3.49. The van der Waals surface area contributed by atoms with Gasteiger partial charge in [-0.2, -0.15) is 0 Å². The van der Waals surface area contributed by atoms with Crippen LogP contribution in [0.1, 0.15) is 36.2 Å². The fourth-order valence-corrected chi connectivity index (χ4v) is 3.49. The van der Waals surface area contributed by atoms with Crippen LogP contribution in [0.5, 0.6) is 0 Å². The van der Waals surface area contributed by atoms with Crippen molar-refractivity contribution in [3.63, 3.8) is 0 Å². The van der Waals surface area contributed by atoms with E-state index in [9.17, 15) is 14.4 Å². The van der Waals surface area contributed by atoms with Crippen LogP contribution < -0.4 is 16.6 Å². The van der Waals surface area contributed by atoms with Crippen LogP contribution in [0.3, 0.4) is 0 Å². The standard InChI is InChI=1S/C21H24N4O3/c1-6-16(19(26)23-15-9-7-8-12(2)10-15)25-20(27)17-13(3)11-14(4)22-18(17)24(5)21(25)28/h7-11,16H,6H2,1-5H3,(H,23,26)/t16-/m1/s1. The number of pyridine rings is 1. The Morgan fingerprint density at radius 3 is 2.54 bits per heavy atom. The van der Waals surface area contributed by atoms with Gasteiger partial charge in [-0.15, -0.1) is 0 Å². The zero-order chi connectivity index (χ0) is 20.6. The van der Waals surface area contributed by atoms with Gasteiger partial charge < -0.3 is 5.32 Å². The van der Waals surface area contributed by atoms with Gasteiger partial charge in [0.1, 0.15) is 11.7 Å². The molecule has 1 N–H and O–H groups in total. The van der Waals surface area contributed by atoms with Gasteiger partial charge in [0.05, 0.1) is 5.39 Å². The molecule has 7 heteroatoms. The molecule has 1 aromatic carbocycles. The predicted octanol–water partition coefficient (Wildman–Crippen LogP) is 2.61. The van der Waals surface area contributed by atoms with E-state index in [0.717, 1.165) is 21.4 Å². The maximum atomic E-state index is 13.2. The highest BCUT2D eigenvalue weighted by molar-refractivity contribution is 5.94. The predicted molar refractivity (Wildman–Crippen MR) is 110 cm³/mol. The molecule has 28 heavy (non-hydrogen) atoms. The van der Waals surface area contributed by atoms with Gasteiger partial charge in [0.25, 0.3) is 5.56 Å². The number of aromatic nitrogens is 3. The van der Waals surface area contributed by atoms with Gasteiger partial charge in [-0.3, -0.25) is 14.2 Å². The first-order chi connectivity index (χ1) is 13.2. The topological polar surface area (TPSA) is 86.0 Å². The highest BCUT2D eigenvalue weighted by atomic mass is 16.2. The van der Waals surface area contributed by atoms with Gasteiger partial charge in [-0.1, -0.05) is 19.1 Å². The third kappa shape index (κ3) is 3.35. The van der Waals surface area contributed by atoms with Gasteiger partial charge in [0.2, 0.25) is 5.91 Å². The minimum Gasteiger partial charge on any atom is -0.324 e. The number of benzene rings is 1. The molecule has 1 amide bonds. The Morgan fingerprint density at radius 2 is 1.89 bits per heavy atom. The summed E-state index contributed by atoms with van der Waals surface area (Å²) in [5.74, 6) is -0.399. The normalized spacial score (nSPS) is 12.2. The summed E-state index contributed by atoms with van der Waals surface area (Å²) < 4.78 is 2.37. The molecule has 2 aromatic heterocycles. The van der Waals surface area contributed by atoms with E-state index in [1.54, 1.807) is 33.0 Å². The van der Waals surface area contributed by atoms with Crippen LogP contribution in [0.4, 0.5) is 5.69 Å². The minimum atomic E-state index is -0.920. The molecule has 0 radical (unpaired) electrons. The zero-order valence-corrected chi connectivity index (χ0v) is 16.7. The highest BCUT2D eigenvalue weighted by Crippen LogP contribution is 2.17. The van der Waals surface area contributed by atoms with Gasteiger partial charge >= 0.3 is 5.69 Å². The maximum absolute atomic E-state index is 13.2. The smallest absolute Gasteiger partial charge is 0.324 e. The van der Waals surface area contributed by atoms with Crippen molar-refractivity contribution in [1.29, 1.82) is 0 Å². The lowest BCUT2D eigenvalue weighted by molar-refractivity contribution is -0.119. The van der Waals surface area contributed by atoms with Crippen molar-refractivity contribution in [3.8, 4) is 0 Å². The van der Waals surface area contributed by atoms with E-state index in [1.165, 1.54) is 4.57 Å². The molecular formula is C21H24N4O3. The molecule has 7 nitrogen and oxygen atoms in total. The number of amides is 1. The molecule has 3 aromatic rings. The minimum absolute atomic E-state index is 0.302. The van der Waals surface area contributed by atoms with E-state index in [2.05, 4.69) is 10.3 Å². The van der Waals surface area contributed by atoms with E-state index >= 15 is 0 Å². The second-order valence-corrected chi connectivity index (χ2v) is 7.08. The molecule has 1 atom stereocenters. The molecule has 0 aliphatic carbocycles. The van der Waals surface area contributed by atoms with E-state index < -0.39 is 23.2 Å². The molecule has 2 heterocycles. The summed E-state index contributed by atoms with van der Waals surface area (Å²) in [6.45, 7) is 7.32. The van der Waals surface area contributed by atoms with E-state index in [1.807, 2.05) is 32.0 Å². The van der Waals surface area contributed by atoms with Crippen LogP contribution in [0.25, 0.3) is 11.0 Å². The van der Waals surface area contributed by atoms with Crippen molar-refractivity contribution in [2.45, 2.75) is 40.2 Å². The molecule has 146 valence electrons. The number of rotatable bonds is 4. The van der Waals surface area contributed by atoms with Crippen molar-refractivity contribution in [3.05, 3.63) is 68.0 Å². The second-order valence-electron chi connectivity index (χ2n) is 7.08. The lowest BCUT2D eigenvalue weighted by Crippen LogP contribution is -2.45. The van der Waals surface area contributed by atoms with Crippen molar-refractivity contribution in [2.75, 3.05) is 5.32 Å². The molecule has 0 aliphatic heterocycles. The summed E-state index contributed by atoms with van der Waals surface area (Å²) >= 11 is 0. The number of fused-ring (bicyclic) bond motifs is 1. The molecule has 0 saturated carbocycles. The first kappa shape index (κ1) is 19.5. The van der Waals surface area contributed by atoms with Gasteiger partial charge in [0.15, 0.2) is 0 Å². The summed E-state index contributed by atoms with van der Waals surface area (Å²) in [7, 11) is 1.57. The lowest BCUT2D eigenvalue weighted by atomic mass is 10.1. The van der Waals surface area contributed by atoms with Crippen molar-refractivity contribution in [1.82, 2.24) is 14.1 Å². The Balaban J connectivity index is 2.16. The fraction of sp³-hybridized carbons (Fsp3) is 0.333. The Labute approximate surface area is 162 Å². The monoisotopic (exact) mass is 380 g/mol. The molecule has 0 aliphatic rings. The summed E-state index contributed by atoms with van der Waals surface area (Å²) in [6.07, 6.45) is 0.302. The molecule has 0 spiro atoms. The van der Waals surface area contributed by atoms with Gasteiger partial charge in [0, 0.05) is 18.4 Å². The number of hydrogen-bond donors (Lipinski definition) is 1. The summed E-state index contributed by atoms with van der Waals surface area (Å²) in [4.78, 5) is 43.4. The van der Waals surface area contributed by atoms with Crippen molar-refractivity contribution >= 4 is 22.6 Å². The lowest BCUT2D eigenvalue weighted by Gasteiger charge is -2.19. The van der Waals surface area contributed by atoms with Crippen LogP contribution in [0.2, 0.25) is 0 Å². The Morgan fingerprint density at radius 1 is 1.18 bits per heavy atom. The van der Waals surface area contributed by atoms with Crippen LogP contribution >= 0.6 is 0 Å². The van der Waals surface area contributed by atoms with Gasteiger partial charge in [-0.25, -0.2) is 14.3 Å². The van der Waals surface area contributed by atoms with Crippen LogP contribution in [-0.4, -0.2) is 20.0 Å². The average molecular weight is 380 g/mol. The second kappa shape index (κ2) is 7.42. The SMILES string of the molecule is CC[C@H](C(=O)Nc1cccc(C)c1)n1c(=O)c2c(C)cc(C)nc2n(C)c1=O. The number of hydrogen-bond acceptors (Lipinski definition) is 4. The third-order valence-corrected chi connectivity index (χ3v) is 4.86. The molecular weight excluding hydrogens is 356 g/mol. The average Bonchev–Trinajstić information content (AvgIpc) is 2.62.